The molecule has 1 amide bonds. The van der Waals surface area contributed by atoms with Crippen LogP contribution in [0, 0.1) is 0 Å². The molecule has 1 aromatic heterocycles. The molecule has 3 aromatic rings. The number of benzene rings is 2. The van der Waals surface area contributed by atoms with E-state index >= 15 is 0 Å². The van der Waals surface area contributed by atoms with Gasteiger partial charge in [-0.2, -0.15) is 0 Å². The van der Waals surface area contributed by atoms with Crippen LogP contribution in [0.15, 0.2) is 73.1 Å². The number of aromatic hydroxyl groups is 1. The third kappa shape index (κ3) is 3.80. The predicted molar refractivity (Wildman–Crippen MR) is 89.9 cm³/mol. The first-order chi connectivity index (χ1) is 11.2. The molecule has 116 valence electrons. The monoisotopic (exact) mass is 306 g/mol. The Kier molecular flexibility index (Phi) is 4.43. The third-order valence-electron chi connectivity index (χ3n) is 3.67. The average Bonchev–Trinajstić information content (AvgIpc) is 3.11. The predicted octanol–water partition coefficient (Wildman–Crippen LogP) is 3.16. The van der Waals surface area contributed by atoms with Gasteiger partial charge in [-0.25, -0.2) is 0 Å². The highest BCUT2D eigenvalue weighted by molar-refractivity contribution is 5.94. The fraction of sp³-hybridized carbons (Fsp3) is 0.105. The van der Waals surface area contributed by atoms with Crippen molar-refractivity contribution in [3.8, 4) is 11.4 Å². The molecule has 0 radical (unpaired) electrons. The highest BCUT2D eigenvalue weighted by atomic mass is 16.3. The standard InChI is InChI=1S/C19H18N2O2/c22-18-9-3-15(4-10-18)11-12-20-19(23)16-5-7-17(8-6-16)21-13-1-2-14-21/h1-10,13-14,22H,11-12H2,(H,20,23). The van der Waals surface area contributed by atoms with Crippen LogP contribution in [0.4, 0.5) is 0 Å². The zero-order valence-corrected chi connectivity index (χ0v) is 12.6. The van der Waals surface area contributed by atoms with Crippen LogP contribution in [0.25, 0.3) is 5.69 Å². The number of nitrogens with zero attached hydrogens (tertiary/aromatic N) is 1. The summed E-state index contributed by atoms with van der Waals surface area (Å²) < 4.78 is 1.99. The summed E-state index contributed by atoms with van der Waals surface area (Å²) in [6.45, 7) is 0.558. The molecule has 4 nitrogen and oxygen atoms in total. The summed E-state index contributed by atoms with van der Waals surface area (Å²) in [5.74, 6) is 0.170. The lowest BCUT2D eigenvalue weighted by Crippen LogP contribution is -2.25. The van der Waals surface area contributed by atoms with Crippen LogP contribution in [-0.4, -0.2) is 22.1 Å². The van der Waals surface area contributed by atoms with Crippen molar-refractivity contribution < 1.29 is 9.90 Å². The Labute approximate surface area is 135 Å². The second kappa shape index (κ2) is 6.83. The Morgan fingerprint density at radius 2 is 1.61 bits per heavy atom. The number of hydrogen-bond acceptors (Lipinski definition) is 2. The molecule has 0 atom stereocenters. The van der Waals surface area contributed by atoms with E-state index in [1.165, 1.54) is 0 Å². The summed E-state index contributed by atoms with van der Waals surface area (Å²) in [6.07, 6.45) is 4.66. The number of rotatable bonds is 5. The maximum Gasteiger partial charge on any atom is 0.251 e. The van der Waals surface area contributed by atoms with Crippen LogP contribution in [0.1, 0.15) is 15.9 Å². The highest BCUT2D eigenvalue weighted by Gasteiger charge is 2.05. The summed E-state index contributed by atoms with van der Waals surface area (Å²) in [5, 5.41) is 12.1. The van der Waals surface area contributed by atoms with Gasteiger partial charge in [0.1, 0.15) is 5.75 Å². The van der Waals surface area contributed by atoms with Gasteiger partial charge >= 0.3 is 0 Å². The minimum atomic E-state index is -0.0807. The first kappa shape index (κ1) is 14.9. The Bertz CT molecular complexity index is 760. The molecule has 3 rings (SSSR count). The van der Waals surface area contributed by atoms with Crippen LogP contribution in [0.5, 0.6) is 5.75 Å². The van der Waals surface area contributed by atoms with E-state index in [2.05, 4.69) is 5.32 Å². The summed E-state index contributed by atoms with van der Waals surface area (Å²) in [6, 6.07) is 18.4. The molecule has 2 N–H and O–H groups in total. The molecule has 1 heterocycles. The smallest absolute Gasteiger partial charge is 0.251 e. The molecule has 0 aliphatic carbocycles. The van der Waals surface area contributed by atoms with E-state index in [0.29, 0.717) is 12.1 Å². The second-order valence-corrected chi connectivity index (χ2v) is 5.31. The molecule has 0 aliphatic heterocycles. The zero-order valence-electron chi connectivity index (χ0n) is 12.6. The highest BCUT2D eigenvalue weighted by Crippen LogP contribution is 2.11. The van der Waals surface area contributed by atoms with E-state index in [1.807, 2.05) is 65.5 Å². The van der Waals surface area contributed by atoms with Gasteiger partial charge in [0.2, 0.25) is 0 Å². The van der Waals surface area contributed by atoms with Crippen molar-refractivity contribution in [1.82, 2.24) is 9.88 Å². The van der Waals surface area contributed by atoms with Crippen molar-refractivity contribution in [3.05, 3.63) is 84.2 Å². The van der Waals surface area contributed by atoms with E-state index in [9.17, 15) is 9.90 Å². The van der Waals surface area contributed by atoms with Crippen LogP contribution in [0.2, 0.25) is 0 Å². The van der Waals surface area contributed by atoms with Crippen LogP contribution < -0.4 is 5.32 Å². The molecule has 0 fully saturated rings. The lowest BCUT2D eigenvalue weighted by atomic mass is 10.1. The normalized spacial score (nSPS) is 10.4. The number of nitrogens with one attached hydrogen (secondary N) is 1. The van der Waals surface area contributed by atoms with Crippen molar-refractivity contribution in [3.63, 3.8) is 0 Å². The molecule has 0 aliphatic rings. The van der Waals surface area contributed by atoms with Crippen molar-refractivity contribution >= 4 is 5.91 Å². The van der Waals surface area contributed by atoms with E-state index in [4.69, 9.17) is 0 Å². The quantitative estimate of drug-likeness (QED) is 0.761. The lowest BCUT2D eigenvalue weighted by Gasteiger charge is -2.07. The Balaban J connectivity index is 1.55. The SMILES string of the molecule is O=C(NCCc1ccc(O)cc1)c1ccc(-n2cccc2)cc1. The number of phenols is 1. The van der Waals surface area contributed by atoms with Gasteiger partial charge in [0, 0.05) is 30.2 Å². The molecule has 0 saturated carbocycles. The Hall–Kier alpha value is -3.01. The minimum Gasteiger partial charge on any atom is -0.508 e. The Morgan fingerprint density at radius 1 is 0.957 bits per heavy atom. The maximum absolute atomic E-state index is 12.1. The summed E-state index contributed by atoms with van der Waals surface area (Å²) in [5.41, 5.74) is 2.74. The Morgan fingerprint density at radius 3 is 2.26 bits per heavy atom. The van der Waals surface area contributed by atoms with Gasteiger partial charge in [-0.3, -0.25) is 4.79 Å². The minimum absolute atomic E-state index is 0.0807. The number of hydrogen-bond donors (Lipinski definition) is 2. The number of amides is 1. The van der Waals surface area contributed by atoms with Crippen LogP contribution >= 0.6 is 0 Å². The van der Waals surface area contributed by atoms with Gasteiger partial charge in [-0.05, 0) is 60.5 Å². The fourth-order valence-corrected chi connectivity index (χ4v) is 2.38. The summed E-state index contributed by atoms with van der Waals surface area (Å²) >= 11 is 0. The topological polar surface area (TPSA) is 54.3 Å². The van der Waals surface area contributed by atoms with Crippen LogP contribution in [0.3, 0.4) is 0 Å². The van der Waals surface area contributed by atoms with Crippen molar-refractivity contribution in [1.29, 1.82) is 0 Å². The second-order valence-electron chi connectivity index (χ2n) is 5.31. The van der Waals surface area contributed by atoms with Crippen LogP contribution in [-0.2, 0) is 6.42 Å². The molecule has 0 saturated heterocycles. The summed E-state index contributed by atoms with van der Waals surface area (Å²) in [4.78, 5) is 12.1. The van der Waals surface area contributed by atoms with Crippen molar-refractivity contribution in [2.24, 2.45) is 0 Å². The largest absolute Gasteiger partial charge is 0.508 e. The average molecular weight is 306 g/mol. The molecule has 0 unspecified atom stereocenters. The van der Waals surface area contributed by atoms with E-state index in [-0.39, 0.29) is 11.7 Å². The molecule has 23 heavy (non-hydrogen) atoms. The molecular formula is C19H18N2O2. The van der Waals surface area contributed by atoms with Gasteiger partial charge in [-0.1, -0.05) is 12.1 Å². The molecule has 0 bridgehead atoms. The molecule has 0 spiro atoms. The van der Waals surface area contributed by atoms with Crippen molar-refractivity contribution in [2.45, 2.75) is 6.42 Å². The van der Waals surface area contributed by atoms with E-state index < -0.39 is 0 Å². The van der Waals surface area contributed by atoms with Gasteiger partial charge in [0.15, 0.2) is 0 Å². The summed E-state index contributed by atoms with van der Waals surface area (Å²) in [7, 11) is 0. The van der Waals surface area contributed by atoms with Gasteiger partial charge in [-0.15, -0.1) is 0 Å². The molecular weight excluding hydrogens is 288 g/mol. The first-order valence-electron chi connectivity index (χ1n) is 7.52. The lowest BCUT2D eigenvalue weighted by molar-refractivity contribution is 0.0954. The van der Waals surface area contributed by atoms with E-state index in [0.717, 1.165) is 17.7 Å². The zero-order chi connectivity index (χ0) is 16.1. The number of carbonyl (C=O) groups excluding carboxylic acids is 1. The molecule has 4 heteroatoms. The maximum atomic E-state index is 12.1. The fourth-order valence-electron chi connectivity index (χ4n) is 2.38. The first-order valence-corrected chi connectivity index (χ1v) is 7.52. The van der Waals surface area contributed by atoms with E-state index in [1.54, 1.807) is 12.1 Å². The molecule has 2 aromatic carbocycles. The van der Waals surface area contributed by atoms with Gasteiger partial charge in [0.05, 0.1) is 0 Å². The number of carbonyl (C=O) groups is 1. The van der Waals surface area contributed by atoms with Crippen molar-refractivity contribution in [2.75, 3.05) is 6.54 Å². The number of phenolic OH excluding ortho intramolecular Hbond substituents is 1. The van der Waals surface area contributed by atoms with Gasteiger partial charge in [0.25, 0.3) is 5.91 Å². The third-order valence-corrected chi connectivity index (χ3v) is 3.67. The number of aromatic nitrogens is 1. The van der Waals surface area contributed by atoms with Gasteiger partial charge < -0.3 is 15.0 Å².